The molecule has 9 heteroatoms. The molecule has 0 bridgehead atoms. The zero-order chi connectivity index (χ0) is 25.5. The van der Waals surface area contributed by atoms with Gasteiger partial charge in [0.25, 0.3) is 5.91 Å². The second-order valence-electron chi connectivity index (χ2n) is 9.50. The van der Waals surface area contributed by atoms with Crippen LogP contribution in [0.1, 0.15) is 49.9 Å². The van der Waals surface area contributed by atoms with Crippen molar-refractivity contribution in [1.82, 2.24) is 15.6 Å². The van der Waals surface area contributed by atoms with Crippen molar-refractivity contribution < 1.29 is 14.3 Å². The highest BCUT2D eigenvalue weighted by molar-refractivity contribution is 7.21. The van der Waals surface area contributed by atoms with E-state index in [0.717, 1.165) is 41.8 Å². The Morgan fingerprint density at radius 2 is 1.90 bits per heavy atom. The highest BCUT2D eigenvalue weighted by Gasteiger charge is 2.34. The van der Waals surface area contributed by atoms with Crippen molar-refractivity contribution >= 4 is 50.6 Å². The lowest BCUT2D eigenvalue weighted by Crippen LogP contribution is -2.46. The standard InChI is InChI=1S/C28H27N5O3S.2CH4/c1-16-14-20(36-19-6-4-3-5-7-19)8-9-21(16)33-22-11-13-30-27-23(22)24(32-28(33)35)25(37-27)26(34)31-18-10-12-29-17(2)15-18;;/h3-9,11,13-14,17-18,29H,10,12,15H2,1-2H3,(H,31,34)(H,32,35);2*1H4/t17?,18-;;/m1../s1. The molecule has 3 N–H and O–H groups in total. The van der Waals surface area contributed by atoms with Crippen LogP contribution in [0.3, 0.4) is 0 Å². The van der Waals surface area contributed by atoms with E-state index in [9.17, 15) is 9.59 Å². The van der Waals surface area contributed by atoms with E-state index in [-0.39, 0.29) is 32.8 Å². The number of carbonyl (C=O) groups excluding carboxylic acids is 2. The maximum Gasteiger partial charge on any atom is 0.331 e. The molecular formula is C30H35N5O3S. The summed E-state index contributed by atoms with van der Waals surface area (Å²) in [5, 5.41) is 10.3. The van der Waals surface area contributed by atoms with E-state index in [1.54, 1.807) is 11.1 Å². The van der Waals surface area contributed by atoms with E-state index in [2.05, 4.69) is 27.9 Å². The number of amides is 3. The number of hydrogen-bond donors (Lipinski definition) is 3. The molecule has 0 saturated carbocycles. The Bertz CT molecular complexity index is 1500. The normalized spacial score (nSPS) is 18.0. The number of nitrogens with zero attached hydrogens (tertiary/aromatic N) is 2. The number of aromatic nitrogens is 1. The summed E-state index contributed by atoms with van der Waals surface area (Å²) < 4.78 is 5.97. The molecule has 0 radical (unpaired) electrons. The van der Waals surface area contributed by atoms with Gasteiger partial charge in [-0.2, -0.15) is 0 Å². The average molecular weight is 546 g/mol. The number of rotatable bonds is 5. The van der Waals surface area contributed by atoms with Gasteiger partial charge in [0.15, 0.2) is 0 Å². The van der Waals surface area contributed by atoms with Gasteiger partial charge in [-0.05, 0) is 75.2 Å². The summed E-state index contributed by atoms with van der Waals surface area (Å²) in [6.45, 7) is 4.94. The first-order valence-electron chi connectivity index (χ1n) is 12.4. The molecule has 1 unspecified atom stereocenters. The predicted molar refractivity (Wildman–Crippen MR) is 160 cm³/mol. The minimum atomic E-state index is -0.317. The van der Waals surface area contributed by atoms with E-state index >= 15 is 0 Å². The molecule has 6 rings (SSSR count). The van der Waals surface area contributed by atoms with Gasteiger partial charge in [-0.3, -0.25) is 9.69 Å². The van der Waals surface area contributed by atoms with Crippen molar-refractivity contribution in [3.63, 3.8) is 0 Å². The summed E-state index contributed by atoms with van der Waals surface area (Å²) in [5.74, 6) is 1.26. The maximum atomic E-state index is 13.5. The van der Waals surface area contributed by atoms with Crippen molar-refractivity contribution in [3.8, 4) is 11.5 Å². The van der Waals surface area contributed by atoms with Crippen LogP contribution in [0.4, 0.5) is 21.9 Å². The summed E-state index contributed by atoms with van der Waals surface area (Å²) in [6, 6.07) is 17.2. The van der Waals surface area contributed by atoms with Gasteiger partial charge in [-0.1, -0.05) is 33.1 Å². The SMILES string of the molecule is C.C.Cc1cc(Oc2ccccc2)ccc1N1C(=O)Nc2c(C(=O)N[C@@H]3CCNC(C)C3)sc3nccc1c23. The van der Waals surface area contributed by atoms with Crippen molar-refractivity contribution in [3.05, 3.63) is 71.2 Å². The number of piperidine rings is 1. The van der Waals surface area contributed by atoms with Crippen LogP contribution in [0, 0.1) is 6.92 Å². The van der Waals surface area contributed by atoms with Gasteiger partial charge in [-0.25, -0.2) is 9.78 Å². The van der Waals surface area contributed by atoms with Crippen LogP contribution in [0.2, 0.25) is 0 Å². The summed E-state index contributed by atoms with van der Waals surface area (Å²) >= 11 is 1.31. The Morgan fingerprint density at radius 3 is 2.64 bits per heavy atom. The number of anilines is 3. The largest absolute Gasteiger partial charge is 0.457 e. The predicted octanol–water partition coefficient (Wildman–Crippen LogP) is 7.22. The molecule has 2 aromatic heterocycles. The zero-order valence-electron chi connectivity index (χ0n) is 20.6. The molecule has 0 aliphatic carbocycles. The third kappa shape index (κ3) is 5.32. The molecule has 4 aromatic rings. The van der Waals surface area contributed by atoms with E-state index in [4.69, 9.17) is 4.74 Å². The fourth-order valence-corrected chi connectivity index (χ4v) is 6.09. The Hall–Kier alpha value is -3.95. The number of urea groups is 1. The highest BCUT2D eigenvalue weighted by atomic mass is 32.1. The number of ether oxygens (including phenoxy) is 1. The van der Waals surface area contributed by atoms with E-state index < -0.39 is 0 Å². The molecular weight excluding hydrogens is 510 g/mol. The van der Waals surface area contributed by atoms with Crippen LogP contribution in [0.15, 0.2) is 60.8 Å². The van der Waals surface area contributed by atoms with Crippen LogP contribution in [0.5, 0.6) is 11.5 Å². The Kier molecular flexibility index (Phi) is 8.22. The number of thiophene rings is 1. The molecule has 1 fully saturated rings. The number of pyridine rings is 1. The minimum absolute atomic E-state index is 0. The Balaban J connectivity index is 0.00000176. The van der Waals surface area contributed by atoms with Crippen LogP contribution >= 0.6 is 11.3 Å². The fourth-order valence-electron chi connectivity index (χ4n) is 5.06. The number of aryl methyl sites for hydroxylation is 1. The van der Waals surface area contributed by atoms with Crippen molar-refractivity contribution in [2.45, 2.75) is 53.6 Å². The highest BCUT2D eigenvalue weighted by Crippen LogP contribution is 2.46. The lowest BCUT2D eigenvalue weighted by atomic mass is 10.0. The molecule has 1 saturated heterocycles. The second-order valence-corrected chi connectivity index (χ2v) is 10.5. The molecule has 39 heavy (non-hydrogen) atoms. The smallest absolute Gasteiger partial charge is 0.331 e. The van der Waals surface area contributed by atoms with E-state index in [1.165, 1.54) is 11.3 Å². The van der Waals surface area contributed by atoms with Gasteiger partial charge in [0, 0.05) is 18.3 Å². The van der Waals surface area contributed by atoms with Crippen LogP contribution < -0.4 is 25.6 Å². The van der Waals surface area contributed by atoms with Crippen LogP contribution in [-0.4, -0.2) is 35.6 Å². The summed E-state index contributed by atoms with van der Waals surface area (Å²) in [7, 11) is 0. The number of para-hydroxylation sites is 1. The summed E-state index contributed by atoms with van der Waals surface area (Å²) in [6.07, 6.45) is 3.43. The third-order valence-corrected chi connectivity index (χ3v) is 7.90. The molecule has 2 atom stereocenters. The average Bonchev–Trinajstić information content (AvgIpc) is 3.25. The van der Waals surface area contributed by atoms with Crippen molar-refractivity contribution in [1.29, 1.82) is 0 Å². The quantitative estimate of drug-likeness (QED) is 0.246. The topological polar surface area (TPSA) is 95.6 Å². The van der Waals surface area contributed by atoms with Crippen LogP contribution in [0.25, 0.3) is 10.2 Å². The maximum absolute atomic E-state index is 13.5. The first kappa shape index (κ1) is 28.1. The second kappa shape index (κ2) is 11.4. The summed E-state index contributed by atoms with van der Waals surface area (Å²) in [5.41, 5.74) is 2.85. The van der Waals surface area contributed by atoms with Gasteiger partial charge in [-0.15, -0.1) is 11.3 Å². The van der Waals surface area contributed by atoms with Gasteiger partial charge in [0.2, 0.25) is 0 Å². The van der Waals surface area contributed by atoms with Gasteiger partial charge in [0.05, 0.1) is 22.4 Å². The fraction of sp³-hybridized carbons (Fsp3) is 0.300. The lowest BCUT2D eigenvalue weighted by Gasteiger charge is -2.30. The van der Waals surface area contributed by atoms with Gasteiger partial charge < -0.3 is 20.7 Å². The molecule has 2 aromatic carbocycles. The zero-order valence-corrected chi connectivity index (χ0v) is 21.4. The minimum Gasteiger partial charge on any atom is -0.457 e. The molecule has 204 valence electrons. The molecule has 8 nitrogen and oxygen atoms in total. The van der Waals surface area contributed by atoms with Crippen molar-refractivity contribution in [2.75, 3.05) is 16.8 Å². The number of benzene rings is 2. The van der Waals surface area contributed by atoms with Gasteiger partial charge >= 0.3 is 6.03 Å². The summed E-state index contributed by atoms with van der Waals surface area (Å²) in [4.78, 5) is 34.1. The van der Waals surface area contributed by atoms with Gasteiger partial charge in [0.1, 0.15) is 21.2 Å². The first-order valence-corrected chi connectivity index (χ1v) is 13.2. The molecule has 4 heterocycles. The Labute approximate surface area is 233 Å². The molecule has 3 amide bonds. The first-order chi connectivity index (χ1) is 18.0. The van der Waals surface area contributed by atoms with E-state index in [0.29, 0.717) is 32.9 Å². The number of hydrogen-bond acceptors (Lipinski definition) is 6. The lowest BCUT2D eigenvalue weighted by molar-refractivity contribution is 0.0930. The number of carbonyl (C=O) groups is 2. The molecule has 2 aliphatic heterocycles. The molecule has 0 spiro atoms. The Morgan fingerprint density at radius 1 is 1.10 bits per heavy atom. The molecule has 2 aliphatic rings. The number of nitrogens with one attached hydrogen (secondary N) is 3. The van der Waals surface area contributed by atoms with Crippen LogP contribution in [-0.2, 0) is 0 Å². The van der Waals surface area contributed by atoms with Crippen molar-refractivity contribution in [2.24, 2.45) is 0 Å². The monoisotopic (exact) mass is 545 g/mol. The third-order valence-electron chi connectivity index (χ3n) is 6.80. The van der Waals surface area contributed by atoms with E-state index in [1.807, 2.05) is 61.5 Å².